The highest BCUT2D eigenvalue weighted by atomic mass is 32.2. The average molecular weight is 243 g/mol. The van der Waals surface area contributed by atoms with Crippen LogP contribution in [0.5, 0.6) is 0 Å². The van der Waals surface area contributed by atoms with Crippen LogP contribution in [0.3, 0.4) is 0 Å². The lowest BCUT2D eigenvalue weighted by Crippen LogP contribution is -2.09. The molecule has 1 unspecified atom stereocenters. The molecule has 1 atom stereocenters. The second-order valence-electron chi connectivity index (χ2n) is 3.53. The zero-order valence-electron chi connectivity index (χ0n) is 9.17. The predicted octanol–water partition coefficient (Wildman–Crippen LogP) is 1.02. The van der Waals surface area contributed by atoms with Crippen molar-refractivity contribution in [3.63, 3.8) is 0 Å². The van der Waals surface area contributed by atoms with Crippen LogP contribution < -0.4 is 0 Å². The van der Waals surface area contributed by atoms with Crippen LogP contribution in [-0.2, 0) is 16.3 Å². The fourth-order valence-corrected chi connectivity index (χ4v) is 1.52. The van der Waals surface area contributed by atoms with Crippen molar-refractivity contribution >= 4 is 9.84 Å². The third kappa shape index (κ3) is 3.31. The van der Waals surface area contributed by atoms with E-state index >= 15 is 0 Å². The van der Waals surface area contributed by atoms with Gasteiger partial charge in [0.1, 0.15) is 5.25 Å². The monoisotopic (exact) mass is 243 g/mol. The summed E-state index contributed by atoms with van der Waals surface area (Å²) in [6.45, 7) is 1.51. The fourth-order valence-electron chi connectivity index (χ4n) is 1.04. The maximum atomic E-state index is 11.2. The molecule has 1 aromatic heterocycles. The topological polar surface area (TPSA) is 96.8 Å². The van der Waals surface area contributed by atoms with Crippen LogP contribution in [-0.4, -0.2) is 24.8 Å². The predicted molar refractivity (Wildman–Crippen MR) is 56.1 cm³/mol. The fraction of sp³-hybridized carbons (Fsp3) is 0.667. The van der Waals surface area contributed by atoms with Crippen LogP contribution in [0.1, 0.15) is 36.7 Å². The van der Waals surface area contributed by atoms with Crippen molar-refractivity contribution in [2.24, 2.45) is 0 Å². The molecule has 7 heteroatoms. The van der Waals surface area contributed by atoms with Crippen LogP contribution in [0.2, 0.25) is 0 Å². The Hall–Kier alpha value is -1.42. The molecule has 0 spiro atoms. The molecule has 1 rings (SSSR count). The molecule has 1 aromatic rings. The van der Waals surface area contributed by atoms with E-state index in [-0.39, 0.29) is 5.82 Å². The van der Waals surface area contributed by atoms with E-state index < -0.39 is 15.1 Å². The summed E-state index contributed by atoms with van der Waals surface area (Å²) < 4.78 is 27.4. The van der Waals surface area contributed by atoms with E-state index in [4.69, 9.17) is 9.78 Å². The lowest BCUT2D eigenvalue weighted by atomic mass is 10.2. The second kappa shape index (κ2) is 5.07. The Morgan fingerprint density at radius 1 is 1.56 bits per heavy atom. The lowest BCUT2D eigenvalue weighted by Gasteiger charge is -2.01. The van der Waals surface area contributed by atoms with E-state index in [9.17, 15) is 8.42 Å². The molecule has 0 aliphatic heterocycles. The van der Waals surface area contributed by atoms with E-state index in [1.807, 2.05) is 6.07 Å². The third-order valence-electron chi connectivity index (χ3n) is 2.17. The molecule has 0 aliphatic carbocycles. The van der Waals surface area contributed by atoms with Gasteiger partial charge in [0.2, 0.25) is 5.89 Å². The second-order valence-corrected chi connectivity index (χ2v) is 5.90. The maximum absolute atomic E-state index is 11.2. The van der Waals surface area contributed by atoms with E-state index in [0.29, 0.717) is 25.2 Å². The Balaban J connectivity index is 2.69. The van der Waals surface area contributed by atoms with Gasteiger partial charge in [-0.25, -0.2) is 8.42 Å². The zero-order valence-corrected chi connectivity index (χ0v) is 9.99. The van der Waals surface area contributed by atoms with Gasteiger partial charge < -0.3 is 4.52 Å². The van der Waals surface area contributed by atoms with Gasteiger partial charge >= 0.3 is 0 Å². The molecule has 0 bridgehead atoms. The van der Waals surface area contributed by atoms with Crippen LogP contribution in [0.25, 0.3) is 0 Å². The van der Waals surface area contributed by atoms with Gasteiger partial charge in [-0.3, -0.25) is 0 Å². The number of rotatable bonds is 5. The van der Waals surface area contributed by atoms with Crippen LogP contribution >= 0.6 is 0 Å². The highest BCUT2D eigenvalue weighted by Gasteiger charge is 2.22. The summed E-state index contributed by atoms with van der Waals surface area (Å²) >= 11 is 0. The molecule has 0 saturated carbocycles. The Morgan fingerprint density at radius 3 is 2.81 bits per heavy atom. The third-order valence-corrected chi connectivity index (χ3v) is 3.66. The molecule has 0 radical (unpaired) electrons. The number of sulfone groups is 1. The first-order valence-electron chi connectivity index (χ1n) is 4.83. The smallest absolute Gasteiger partial charge is 0.226 e. The normalized spacial score (nSPS) is 13.3. The molecule has 6 nitrogen and oxygen atoms in total. The summed E-state index contributed by atoms with van der Waals surface area (Å²) in [7, 11) is -3.21. The summed E-state index contributed by atoms with van der Waals surface area (Å²) in [5, 5.41) is 11.2. The summed E-state index contributed by atoms with van der Waals surface area (Å²) in [5.74, 6) is 0.551. The van der Waals surface area contributed by atoms with Crippen molar-refractivity contribution in [3.8, 4) is 6.07 Å². The van der Waals surface area contributed by atoms with E-state index in [0.717, 1.165) is 6.26 Å². The summed E-state index contributed by atoms with van der Waals surface area (Å²) in [6.07, 6.45) is 2.67. The van der Waals surface area contributed by atoms with Crippen molar-refractivity contribution in [3.05, 3.63) is 11.7 Å². The number of hydrogen-bond acceptors (Lipinski definition) is 6. The van der Waals surface area contributed by atoms with Gasteiger partial charge in [-0.1, -0.05) is 5.16 Å². The minimum Gasteiger partial charge on any atom is -0.339 e. The molecule has 16 heavy (non-hydrogen) atoms. The molecule has 0 aromatic carbocycles. The lowest BCUT2D eigenvalue weighted by molar-refractivity contribution is 0.370. The number of nitrogens with zero attached hydrogens (tertiary/aromatic N) is 3. The summed E-state index contributed by atoms with van der Waals surface area (Å²) in [5.41, 5.74) is 0. The number of aromatic nitrogens is 2. The highest BCUT2D eigenvalue weighted by molar-refractivity contribution is 7.90. The number of aryl methyl sites for hydroxylation is 1. The van der Waals surface area contributed by atoms with Gasteiger partial charge in [0, 0.05) is 19.1 Å². The Labute approximate surface area is 94.2 Å². The van der Waals surface area contributed by atoms with Gasteiger partial charge in [-0.05, 0) is 13.3 Å². The van der Waals surface area contributed by atoms with Gasteiger partial charge in [0.15, 0.2) is 15.7 Å². The Kier molecular flexibility index (Phi) is 4.01. The number of nitriles is 1. The first kappa shape index (κ1) is 12.6. The summed E-state index contributed by atoms with van der Waals surface area (Å²) in [6, 6.07) is 2.01. The number of hydrogen-bond donors (Lipinski definition) is 0. The number of unbranched alkanes of at least 4 members (excludes halogenated alkanes) is 1. The first-order valence-corrected chi connectivity index (χ1v) is 6.79. The molecule has 1 heterocycles. The molecular weight excluding hydrogens is 230 g/mol. The van der Waals surface area contributed by atoms with Crippen molar-refractivity contribution in [1.82, 2.24) is 10.1 Å². The molecule has 0 N–H and O–H groups in total. The minimum absolute atomic E-state index is 0.175. The maximum Gasteiger partial charge on any atom is 0.226 e. The molecule has 0 fully saturated rings. The van der Waals surface area contributed by atoms with Gasteiger partial charge in [0.25, 0.3) is 0 Å². The Morgan fingerprint density at radius 2 is 2.25 bits per heavy atom. The molecule has 0 aliphatic rings. The molecule has 88 valence electrons. The molecular formula is C9H13N3O3S. The van der Waals surface area contributed by atoms with Crippen molar-refractivity contribution in [1.29, 1.82) is 5.26 Å². The summed E-state index contributed by atoms with van der Waals surface area (Å²) in [4.78, 5) is 3.98. The van der Waals surface area contributed by atoms with Gasteiger partial charge in [-0.15, -0.1) is 0 Å². The standard InChI is InChI=1S/C9H13N3O3S/c1-7(16(2,13)14)9-11-8(15-12-9)5-3-4-6-10/h7H,3-5H2,1-2H3. The Bertz CT molecular complexity index is 486. The van der Waals surface area contributed by atoms with E-state index in [1.54, 1.807) is 0 Å². The molecule has 0 amide bonds. The van der Waals surface area contributed by atoms with Crippen LogP contribution in [0.15, 0.2) is 4.52 Å². The van der Waals surface area contributed by atoms with Crippen LogP contribution in [0.4, 0.5) is 0 Å². The molecule has 0 saturated heterocycles. The van der Waals surface area contributed by atoms with Gasteiger partial charge in [-0.2, -0.15) is 10.2 Å². The average Bonchev–Trinajstić information content (AvgIpc) is 2.64. The van der Waals surface area contributed by atoms with E-state index in [1.165, 1.54) is 6.92 Å². The van der Waals surface area contributed by atoms with Crippen LogP contribution in [0, 0.1) is 11.3 Å². The van der Waals surface area contributed by atoms with Gasteiger partial charge in [0.05, 0.1) is 6.07 Å². The van der Waals surface area contributed by atoms with Crippen molar-refractivity contribution in [2.75, 3.05) is 6.26 Å². The zero-order chi connectivity index (χ0) is 12.2. The largest absolute Gasteiger partial charge is 0.339 e. The first-order chi connectivity index (χ1) is 7.45. The van der Waals surface area contributed by atoms with E-state index in [2.05, 4.69) is 10.1 Å². The van der Waals surface area contributed by atoms with Crippen molar-refractivity contribution in [2.45, 2.75) is 31.4 Å². The highest BCUT2D eigenvalue weighted by Crippen LogP contribution is 2.17. The minimum atomic E-state index is -3.21. The quantitative estimate of drug-likeness (QED) is 0.716. The SMILES string of the molecule is CC(c1noc(CCCC#N)n1)S(C)(=O)=O. The van der Waals surface area contributed by atoms with Crippen molar-refractivity contribution < 1.29 is 12.9 Å².